The molecule has 0 heterocycles. The molecule has 1 aromatic carbocycles. The van der Waals surface area contributed by atoms with Crippen molar-refractivity contribution in [3.63, 3.8) is 0 Å². The predicted molar refractivity (Wildman–Crippen MR) is 71.1 cm³/mol. The van der Waals surface area contributed by atoms with Gasteiger partial charge in [0.15, 0.2) is 0 Å². The van der Waals surface area contributed by atoms with E-state index in [9.17, 15) is 23.1 Å². The van der Waals surface area contributed by atoms with Crippen LogP contribution in [0.3, 0.4) is 0 Å². The lowest BCUT2D eigenvalue weighted by Gasteiger charge is -2.33. The van der Waals surface area contributed by atoms with Crippen LogP contribution in [0.15, 0.2) is 30.3 Å². The normalized spacial score (nSPS) is 25.7. The zero-order chi connectivity index (χ0) is 16.2. The van der Waals surface area contributed by atoms with E-state index in [-0.39, 0.29) is 18.4 Å². The molecule has 22 heavy (non-hydrogen) atoms. The summed E-state index contributed by atoms with van der Waals surface area (Å²) in [6.45, 7) is -0.902. The average Bonchev–Trinajstić information content (AvgIpc) is 2.47. The van der Waals surface area contributed by atoms with Gasteiger partial charge in [-0.25, -0.2) is 4.39 Å². The number of hydrogen-bond donors (Lipinski definition) is 1. The fourth-order valence-corrected chi connectivity index (χ4v) is 2.55. The van der Waals surface area contributed by atoms with Crippen molar-refractivity contribution in [1.82, 2.24) is 5.32 Å². The summed E-state index contributed by atoms with van der Waals surface area (Å²) >= 11 is 0. The summed E-state index contributed by atoms with van der Waals surface area (Å²) in [4.78, 5) is 10.4. The van der Waals surface area contributed by atoms with Gasteiger partial charge >= 0.3 is 0 Å². The number of alkyl halides is 3. The van der Waals surface area contributed by atoms with Crippen LogP contribution < -0.4 is 10.4 Å². The second-order valence-corrected chi connectivity index (χ2v) is 5.38. The Bertz CT molecular complexity index is 498. The molecule has 1 aliphatic carbocycles. The van der Waals surface area contributed by atoms with Crippen LogP contribution in [-0.4, -0.2) is 31.0 Å². The van der Waals surface area contributed by atoms with Gasteiger partial charge in [-0.15, -0.1) is 0 Å². The Kier molecular flexibility index (Phi) is 5.28. The number of benzene rings is 1. The van der Waals surface area contributed by atoms with Crippen molar-refractivity contribution in [2.24, 2.45) is 0 Å². The minimum Gasteiger partial charge on any atom is -0.530 e. The van der Waals surface area contributed by atoms with E-state index in [1.807, 2.05) is 0 Å². The zero-order valence-corrected chi connectivity index (χ0v) is 11.8. The lowest BCUT2D eigenvalue weighted by Crippen LogP contribution is -2.48. The van der Waals surface area contributed by atoms with Gasteiger partial charge in [0.1, 0.15) is 18.9 Å². The number of carbonyl (C=O) groups excluding carboxylic acids is 1. The fourth-order valence-electron chi connectivity index (χ4n) is 2.55. The molecule has 1 saturated carbocycles. The molecule has 1 N–H and O–H groups in total. The highest BCUT2D eigenvalue weighted by molar-refractivity contribution is 5.62. The molecule has 0 aromatic heterocycles. The van der Waals surface area contributed by atoms with Gasteiger partial charge in [-0.05, 0) is 12.8 Å². The number of ether oxygens (including phenoxy) is 1. The van der Waals surface area contributed by atoms with Gasteiger partial charge in [0.05, 0.1) is 6.10 Å². The number of hydrogen-bond acceptors (Lipinski definition) is 3. The van der Waals surface area contributed by atoms with Crippen LogP contribution in [0.25, 0.3) is 0 Å². The van der Waals surface area contributed by atoms with Crippen LogP contribution in [0.5, 0.6) is 0 Å². The maximum Gasteiger partial charge on any atom is 0.296 e. The first-order valence-corrected chi connectivity index (χ1v) is 7.05. The van der Waals surface area contributed by atoms with Crippen molar-refractivity contribution in [3.05, 3.63) is 35.9 Å². The molecule has 2 rings (SSSR count). The minimum atomic E-state index is -3.19. The standard InChI is InChI=1S/C15H18F3NO3/c16-12-8-11(19-14(20)21)6-7-13(12)22-9-15(17,18)10-4-2-1-3-5-10/h1-5,11-13,19H,6-9H2,(H,20,21)/p-1. The molecule has 0 aliphatic heterocycles. The van der Waals surface area contributed by atoms with E-state index in [1.54, 1.807) is 6.07 Å². The monoisotopic (exact) mass is 316 g/mol. The summed E-state index contributed by atoms with van der Waals surface area (Å²) in [5, 5.41) is 12.5. The molecule has 122 valence electrons. The van der Waals surface area contributed by atoms with Crippen LogP contribution in [0, 0.1) is 0 Å². The smallest absolute Gasteiger partial charge is 0.296 e. The SMILES string of the molecule is O=C([O-])NC1CCC(OCC(F)(F)c2ccccc2)C(F)C1. The molecule has 3 atom stereocenters. The Balaban J connectivity index is 1.86. The Labute approximate surface area is 126 Å². The summed E-state index contributed by atoms with van der Waals surface area (Å²) in [7, 11) is 0. The number of amides is 1. The predicted octanol–water partition coefficient (Wildman–Crippen LogP) is 1.99. The molecule has 4 nitrogen and oxygen atoms in total. The molecule has 1 amide bonds. The van der Waals surface area contributed by atoms with Crippen LogP contribution in [0.1, 0.15) is 24.8 Å². The maximum atomic E-state index is 13.9. The van der Waals surface area contributed by atoms with Gasteiger partial charge in [0.2, 0.25) is 0 Å². The Hall–Kier alpha value is -1.76. The quantitative estimate of drug-likeness (QED) is 0.903. The highest BCUT2D eigenvalue weighted by Crippen LogP contribution is 2.31. The lowest BCUT2D eigenvalue weighted by atomic mass is 9.91. The number of carbonyl (C=O) groups is 1. The van der Waals surface area contributed by atoms with Gasteiger partial charge in [-0.2, -0.15) is 8.78 Å². The highest BCUT2D eigenvalue weighted by atomic mass is 19.3. The van der Waals surface area contributed by atoms with Crippen LogP contribution in [0.4, 0.5) is 18.0 Å². The molecule has 0 bridgehead atoms. The van der Waals surface area contributed by atoms with Crippen molar-refractivity contribution in [3.8, 4) is 0 Å². The number of nitrogens with one attached hydrogen (secondary N) is 1. The van der Waals surface area contributed by atoms with Gasteiger partial charge in [-0.1, -0.05) is 30.3 Å². The third-order valence-corrected chi connectivity index (χ3v) is 3.71. The van der Waals surface area contributed by atoms with Crippen molar-refractivity contribution in [2.45, 2.75) is 43.5 Å². The second kappa shape index (κ2) is 7.00. The molecule has 7 heteroatoms. The van der Waals surface area contributed by atoms with E-state index in [2.05, 4.69) is 5.32 Å². The fraction of sp³-hybridized carbons (Fsp3) is 0.533. The largest absolute Gasteiger partial charge is 0.530 e. The number of rotatable bonds is 5. The summed E-state index contributed by atoms with van der Waals surface area (Å²) in [5.41, 5.74) is -0.183. The molecule has 0 radical (unpaired) electrons. The van der Waals surface area contributed by atoms with Crippen LogP contribution in [0.2, 0.25) is 0 Å². The second-order valence-electron chi connectivity index (χ2n) is 5.38. The molecule has 1 aliphatic rings. The van der Waals surface area contributed by atoms with Crippen LogP contribution in [-0.2, 0) is 10.7 Å². The zero-order valence-electron chi connectivity index (χ0n) is 11.8. The maximum absolute atomic E-state index is 13.9. The third-order valence-electron chi connectivity index (χ3n) is 3.71. The summed E-state index contributed by atoms with van der Waals surface area (Å²) in [5.74, 6) is -3.19. The van der Waals surface area contributed by atoms with Crippen molar-refractivity contribution < 1.29 is 27.8 Å². The summed E-state index contributed by atoms with van der Waals surface area (Å²) in [6, 6.07) is 6.64. The molecule has 1 fully saturated rings. The molecule has 1 aromatic rings. The van der Waals surface area contributed by atoms with E-state index in [4.69, 9.17) is 4.74 Å². The first-order valence-electron chi connectivity index (χ1n) is 7.05. The van der Waals surface area contributed by atoms with Crippen LogP contribution >= 0.6 is 0 Å². The van der Waals surface area contributed by atoms with Gasteiger partial charge in [-0.3, -0.25) is 0 Å². The Morgan fingerprint density at radius 2 is 2.00 bits per heavy atom. The van der Waals surface area contributed by atoms with Gasteiger partial charge in [0.25, 0.3) is 5.92 Å². The van der Waals surface area contributed by atoms with E-state index in [0.29, 0.717) is 6.42 Å². The van der Waals surface area contributed by atoms with Crippen molar-refractivity contribution in [2.75, 3.05) is 6.61 Å². The number of halogens is 3. The molecular weight excluding hydrogens is 299 g/mol. The first-order chi connectivity index (χ1) is 10.4. The highest BCUT2D eigenvalue weighted by Gasteiger charge is 2.36. The molecular formula is C15H17F3NO3-. The summed E-state index contributed by atoms with van der Waals surface area (Å²) < 4.78 is 46.8. The molecule has 0 saturated heterocycles. The van der Waals surface area contributed by atoms with E-state index in [0.717, 1.165) is 0 Å². The van der Waals surface area contributed by atoms with Gasteiger partial charge in [0, 0.05) is 18.0 Å². The van der Waals surface area contributed by atoms with Crippen molar-refractivity contribution >= 4 is 6.09 Å². The molecule has 0 spiro atoms. The molecule has 3 unspecified atom stereocenters. The Morgan fingerprint density at radius 1 is 1.32 bits per heavy atom. The lowest BCUT2D eigenvalue weighted by molar-refractivity contribution is -0.252. The summed E-state index contributed by atoms with van der Waals surface area (Å²) in [6.07, 6.45) is -3.50. The van der Waals surface area contributed by atoms with E-state index < -0.39 is 36.9 Å². The van der Waals surface area contributed by atoms with Gasteiger partial charge < -0.3 is 20.0 Å². The first kappa shape index (κ1) is 16.6. The van der Waals surface area contributed by atoms with E-state index >= 15 is 0 Å². The Morgan fingerprint density at radius 3 is 2.59 bits per heavy atom. The van der Waals surface area contributed by atoms with Crippen molar-refractivity contribution in [1.29, 1.82) is 0 Å². The minimum absolute atomic E-state index is 0.102. The topological polar surface area (TPSA) is 61.4 Å². The van der Waals surface area contributed by atoms with E-state index in [1.165, 1.54) is 24.3 Å². The number of carboxylic acid groups (broad SMARTS) is 1. The third kappa shape index (κ3) is 4.37. The average molecular weight is 316 g/mol.